The maximum atomic E-state index is 13.0. The fraction of sp³-hybridized carbons (Fsp3) is 0.235. The predicted octanol–water partition coefficient (Wildman–Crippen LogP) is 3.04. The molecule has 0 N–H and O–H groups in total. The Kier molecular flexibility index (Phi) is 5.20. The molecule has 0 atom stereocenters. The molecule has 8 heteroatoms. The lowest BCUT2D eigenvalue weighted by Crippen LogP contribution is -2.22. The Morgan fingerprint density at radius 2 is 1.76 bits per heavy atom. The van der Waals surface area contributed by atoms with E-state index < -0.39 is 0 Å². The highest BCUT2D eigenvalue weighted by Crippen LogP contribution is 2.14. The van der Waals surface area contributed by atoms with Crippen LogP contribution < -0.4 is 4.74 Å². The Bertz CT molecular complexity index is 889. The van der Waals surface area contributed by atoms with E-state index in [-0.39, 0.29) is 5.82 Å². The lowest BCUT2D eigenvalue weighted by molar-refractivity contribution is 0.242. The van der Waals surface area contributed by atoms with E-state index in [1.54, 1.807) is 28.6 Å². The van der Waals surface area contributed by atoms with E-state index in [2.05, 4.69) is 10.4 Å². The normalized spacial score (nSPS) is 11.0. The van der Waals surface area contributed by atoms with Gasteiger partial charge in [0.2, 0.25) is 4.77 Å². The average molecular weight is 359 g/mol. The molecule has 3 rings (SSSR count). The van der Waals surface area contributed by atoms with E-state index in [9.17, 15) is 4.39 Å². The molecular weight excluding hydrogens is 341 g/mol. The first kappa shape index (κ1) is 17.2. The van der Waals surface area contributed by atoms with Gasteiger partial charge in [0.05, 0.1) is 19.5 Å². The van der Waals surface area contributed by atoms with Crippen LogP contribution in [0, 0.1) is 10.6 Å². The van der Waals surface area contributed by atoms with E-state index >= 15 is 0 Å². The molecule has 0 spiro atoms. The van der Waals surface area contributed by atoms with Crippen LogP contribution in [0.25, 0.3) is 5.69 Å². The number of aromatic nitrogens is 4. The van der Waals surface area contributed by atoms with Crippen molar-refractivity contribution < 1.29 is 9.13 Å². The zero-order valence-electron chi connectivity index (χ0n) is 14.0. The molecule has 0 aliphatic heterocycles. The van der Waals surface area contributed by atoms with E-state index in [4.69, 9.17) is 17.0 Å². The number of hydrogen-bond acceptors (Lipinski definition) is 5. The van der Waals surface area contributed by atoms with Crippen molar-refractivity contribution in [2.45, 2.75) is 13.2 Å². The number of hydrogen-bond donors (Lipinski definition) is 0. The number of rotatable bonds is 6. The SMILES string of the molecule is COc1ccc(-n2nnn(CN(C)Cc3ccc(F)cc3)c2=S)cc1. The molecule has 1 aromatic heterocycles. The van der Waals surface area contributed by atoms with Gasteiger partial charge < -0.3 is 4.74 Å². The maximum Gasteiger partial charge on any atom is 0.221 e. The van der Waals surface area contributed by atoms with Crippen LogP contribution in [0.3, 0.4) is 0 Å². The van der Waals surface area contributed by atoms with Crippen LogP contribution in [-0.2, 0) is 13.2 Å². The third kappa shape index (κ3) is 4.09. The van der Waals surface area contributed by atoms with Gasteiger partial charge in [-0.05, 0) is 71.7 Å². The van der Waals surface area contributed by atoms with Gasteiger partial charge >= 0.3 is 0 Å². The fourth-order valence-corrected chi connectivity index (χ4v) is 2.66. The van der Waals surface area contributed by atoms with Crippen LogP contribution >= 0.6 is 12.2 Å². The molecule has 6 nitrogen and oxygen atoms in total. The second-order valence-corrected chi connectivity index (χ2v) is 6.02. The lowest BCUT2D eigenvalue weighted by Gasteiger charge is -2.15. The summed E-state index contributed by atoms with van der Waals surface area (Å²) in [6.45, 7) is 1.13. The van der Waals surface area contributed by atoms with Gasteiger partial charge in [-0.3, -0.25) is 4.90 Å². The molecule has 0 saturated carbocycles. The van der Waals surface area contributed by atoms with E-state index in [0.717, 1.165) is 17.0 Å². The zero-order valence-corrected chi connectivity index (χ0v) is 14.8. The molecular formula is C17H18FN5OS. The molecule has 0 saturated heterocycles. The first-order valence-electron chi connectivity index (χ1n) is 7.67. The molecule has 2 aromatic carbocycles. The Balaban J connectivity index is 1.72. The monoisotopic (exact) mass is 359 g/mol. The first-order valence-corrected chi connectivity index (χ1v) is 8.08. The molecule has 0 aliphatic rings. The molecule has 25 heavy (non-hydrogen) atoms. The molecule has 1 heterocycles. The van der Waals surface area contributed by atoms with Crippen LogP contribution in [-0.4, -0.2) is 38.8 Å². The molecule has 0 fully saturated rings. The van der Waals surface area contributed by atoms with Crippen LogP contribution in [0.4, 0.5) is 4.39 Å². The summed E-state index contributed by atoms with van der Waals surface area (Å²) in [6, 6.07) is 13.9. The predicted molar refractivity (Wildman–Crippen MR) is 94.6 cm³/mol. The smallest absolute Gasteiger partial charge is 0.221 e. The third-order valence-corrected chi connectivity index (χ3v) is 4.08. The molecule has 0 radical (unpaired) electrons. The van der Waals surface area contributed by atoms with Crippen LogP contribution in [0.2, 0.25) is 0 Å². The summed E-state index contributed by atoms with van der Waals surface area (Å²) >= 11 is 5.46. The van der Waals surface area contributed by atoms with Crippen molar-refractivity contribution in [1.82, 2.24) is 24.7 Å². The van der Waals surface area contributed by atoms with Crippen molar-refractivity contribution in [1.29, 1.82) is 0 Å². The Hall–Kier alpha value is -2.58. The first-order chi connectivity index (χ1) is 12.1. The number of ether oxygens (including phenoxy) is 1. The Morgan fingerprint density at radius 3 is 2.40 bits per heavy atom. The summed E-state index contributed by atoms with van der Waals surface area (Å²) in [5.41, 5.74) is 1.83. The molecule has 0 unspecified atom stereocenters. The minimum absolute atomic E-state index is 0.240. The van der Waals surface area contributed by atoms with Crippen molar-refractivity contribution in [3.63, 3.8) is 0 Å². The largest absolute Gasteiger partial charge is 0.497 e. The Morgan fingerprint density at radius 1 is 1.08 bits per heavy atom. The summed E-state index contributed by atoms with van der Waals surface area (Å²) in [4.78, 5) is 2.02. The van der Waals surface area contributed by atoms with Crippen LogP contribution in [0.15, 0.2) is 48.5 Å². The van der Waals surface area contributed by atoms with Crippen molar-refractivity contribution in [3.05, 3.63) is 64.7 Å². The summed E-state index contributed by atoms with van der Waals surface area (Å²) < 4.78 is 21.9. The highest BCUT2D eigenvalue weighted by Gasteiger charge is 2.09. The van der Waals surface area contributed by atoms with Crippen LogP contribution in [0.1, 0.15) is 5.56 Å². The summed E-state index contributed by atoms with van der Waals surface area (Å²) in [5.74, 6) is 0.526. The molecule has 130 valence electrons. The quantitative estimate of drug-likeness (QED) is 0.633. The van der Waals surface area contributed by atoms with Crippen LogP contribution in [0.5, 0.6) is 5.75 Å². The van der Waals surface area contributed by atoms with E-state index in [1.807, 2.05) is 36.2 Å². The van der Waals surface area contributed by atoms with Gasteiger partial charge in [0.15, 0.2) is 0 Å². The fourth-order valence-electron chi connectivity index (χ4n) is 2.43. The van der Waals surface area contributed by atoms with Crippen molar-refractivity contribution in [3.8, 4) is 11.4 Å². The average Bonchev–Trinajstić information content (AvgIpc) is 2.97. The number of halogens is 1. The van der Waals surface area contributed by atoms with Crippen molar-refractivity contribution in [2.75, 3.05) is 14.2 Å². The van der Waals surface area contributed by atoms with Gasteiger partial charge in [0, 0.05) is 6.54 Å². The van der Waals surface area contributed by atoms with Crippen molar-refractivity contribution >= 4 is 12.2 Å². The highest BCUT2D eigenvalue weighted by molar-refractivity contribution is 7.71. The second kappa shape index (κ2) is 7.54. The number of tetrazole rings is 1. The zero-order chi connectivity index (χ0) is 17.8. The number of nitrogens with zero attached hydrogens (tertiary/aromatic N) is 5. The van der Waals surface area contributed by atoms with E-state index in [1.165, 1.54) is 12.1 Å². The molecule has 0 amide bonds. The van der Waals surface area contributed by atoms with Gasteiger partial charge in [-0.25, -0.2) is 9.07 Å². The highest BCUT2D eigenvalue weighted by atomic mass is 32.1. The van der Waals surface area contributed by atoms with Gasteiger partial charge in [0.25, 0.3) is 0 Å². The van der Waals surface area contributed by atoms with Gasteiger partial charge in [-0.15, -0.1) is 0 Å². The summed E-state index contributed by atoms with van der Waals surface area (Å²) in [6.07, 6.45) is 0. The topological polar surface area (TPSA) is 48.1 Å². The molecule has 0 bridgehead atoms. The second-order valence-electron chi connectivity index (χ2n) is 5.65. The minimum atomic E-state index is -0.240. The molecule has 3 aromatic rings. The Labute approximate surface area is 150 Å². The maximum absolute atomic E-state index is 13.0. The third-order valence-electron chi connectivity index (χ3n) is 3.70. The number of benzene rings is 2. The lowest BCUT2D eigenvalue weighted by atomic mass is 10.2. The number of methoxy groups -OCH3 is 1. The van der Waals surface area contributed by atoms with Gasteiger partial charge in [0.1, 0.15) is 11.6 Å². The summed E-state index contributed by atoms with van der Waals surface area (Å²) in [7, 11) is 3.56. The minimum Gasteiger partial charge on any atom is -0.497 e. The standard InChI is InChI=1S/C17H18FN5OS/c1-21(11-13-3-5-14(18)6-4-13)12-22-17(25)23(20-19-22)15-7-9-16(24-2)10-8-15/h3-10H,11-12H2,1-2H3. The van der Waals surface area contributed by atoms with Gasteiger partial charge in [-0.1, -0.05) is 12.1 Å². The van der Waals surface area contributed by atoms with Gasteiger partial charge in [-0.2, -0.15) is 4.68 Å². The molecule has 0 aliphatic carbocycles. The van der Waals surface area contributed by atoms with Crippen molar-refractivity contribution in [2.24, 2.45) is 0 Å². The summed E-state index contributed by atoms with van der Waals surface area (Å²) in [5, 5.41) is 8.24. The van der Waals surface area contributed by atoms with E-state index in [0.29, 0.717) is 18.0 Å².